The van der Waals surface area contributed by atoms with Gasteiger partial charge in [-0.2, -0.15) is 0 Å². The summed E-state index contributed by atoms with van der Waals surface area (Å²) in [6.07, 6.45) is 0. The summed E-state index contributed by atoms with van der Waals surface area (Å²) in [4.78, 5) is 12.8. The number of hydrogen-bond acceptors (Lipinski definition) is 4. The number of amides is 1. The van der Waals surface area contributed by atoms with E-state index in [1.54, 1.807) is 48.5 Å². The van der Waals surface area contributed by atoms with Gasteiger partial charge in [0.1, 0.15) is 18.9 Å². The number of carbonyl (C=O) groups is 1. The number of nitrogens with one attached hydrogen (secondary N) is 1. The molecule has 0 aliphatic carbocycles. The molecule has 1 N–H and O–H groups in total. The minimum absolute atomic E-state index is 0.112. The van der Waals surface area contributed by atoms with Crippen LogP contribution in [-0.4, -0.2) is 34.0 Å². The van der Waals surface area contributed by atoms with Gasteiger partial charge in [-0.25, -0.2) is 8.42 Å². The average Bonchev–Trinajstić information content (AvgIpc) is 2.77. The van der Waals surface area contributed by atoms with Crippen LogP contribution in [0.5, 0.6) is 5.75 Å². The van der Waals surface area contributed by atoms with E-state index in [2.05, 4.69) is 21.2 Å². The molecule has 0 unspecified atom stereocenters. The molecule has 33 heavy (non-hydrogen) atoms. The van der Waals surface area contributed by atoms with Gasteiger partial charge in [-0.1, -0.05) is 57.4 Å². The van der Waals surface area contributed by atoms with E-state index >= 15 is 0 Å². The predicted octanol–water partition coefficient (Wildman–Crippen LogP) is 5.11. The first-order valence-electron chi connectivity index (χ1n) is 10.2. The molecule has 0 aliphatic rings. The van der Waals surface area contributed by atoms with Crippen molar-refractivity contribution in [3.8, 4) is 5.75 Å². The van der Waals surface area contributed by atoms with Gasteiger partial charge in [-0.15, -0.1) is 0 Å². The van der Waals surface area contributed by atoms with Crippen LogP contribution in [0.3, 0.4) is 0 Å². The Hall–Kier alpha value is -2.55. The van der Waals surface area contributed by atoms with Crippen molar-refractivity contribution in [1.29, 1.82) is 0 Å². The van der Waals surface area contributed by atoms with Gasteiger partial charge in [-0.3, -0.25) is 9.10 Å². The van der Waals surface area contributed by atoms with Crippen LogP contribution in [0.2, 0.25) is 5.02 Å². The third-order valence-electron chi connectivity index (χ3n) is 4.83. The third-order valence-corrected chi connectivity index (χ3v) is 7.52. The van der Waals surface area contributed by atoms with Crippen LogP contribution >= 0.6 is 27.5 Å². The molecule has 3 aromatic carbocycles. The lowest BCUT2D eigenvalue weighted by molar-refractivity contribution is -0.119. The first kappa shape index (κ1) is 25.1. The Labute approximate surface area is 207 Å². The maximum Gasteiger partial charge on any atom is 0.264 e. The summed E-state index contributed by atoms with van der Waals surface area (Å²) >= 11 is 9.45. The van der Waals surface area contributed by atoms with Gasteiger partial charge in [-0.05, 0) is 61.9 Å². The highest BCUT2D eigenvalue weighted by molar-refractivity contribution is 9.10. The number of benzene rings is 3. The lowest BCUT2D eigenvalue weighted by Gasteiger charge is -2.24. The number of ether oxygens (including phenoxy) is 1. The standard InChI is InChI=1S/C24H24BrClN2O4S/c1-17-6-10-22(11-7-17)33(30,31)28(20-5-3-4-19(25)14-20)16-24(29)27-12-13-32-21-9-8-18(2)23(26)15-21/h3-11,14-15H,12-13,16H2,1-2H3,(H,27,29). The molecule has 0 atom stereocenters. The van der Waals surface area contributed by atoms with E-state index in [0.717, 1.165) is 15.4 Å². The van der Waals surface area contributed by atoms with Crippen LogP contribution < -0.4 is 14.4 Å². The van der Waals surface area contributed by atoms with Gasteiger partial charge in [0.15, 0.2) is 0 Å². The van der Waals surface area contributed by atoms with Crippen molar-refractivity contribution in [2.45, 2.75) is 18.7 Å². The minimum Gasteiger partial charge on any atom is -0.492 e. The molecule has 3 aromatic rings. The molecule has 9 heteroatoms. The molecule has 0 aliphatic heterocycles. The Balaban J connectivity index is 1.70. The van der Waals surface area contributed by atoms with Crippen LogP contribution in [0.4, 0.5) is 5.69 Å². The number of nitrogens with zero attached hydrogens (tertiary/aromatic N) is 1. The summed E-state index contributed by atoms with van der Waals surface area (Å²) in [5.74, 6) is 0.147. The van der Waals surface area contributed by atoms with Gasteiger partial charge in [0.25, 0.3) is 10.0 Å². The van der Waals surface area contributed by atoms with Gasteiger partial charge in [0.05, 0.1) is 17.1 Å². The van der Waals surface area contributed by atoms with Gasteiger partial charge in [0.2, 0.25) is 5.91 Å². The maximum atomic E-state index is 13.4. The number of sulfonamides is 1. The molecule has 0 spiro atoms. The molecule has 6 nitrogen and oxygen atoms in total. The van der Waals surface area contributed by atoms with E-state index in [1.807, 2.05) is 19.9 Å². The van der Waals surface area contributed by atoms with Crippen LogP contribution in [0.15, 0.2) is 76.1 Å². The van der Waals surface area contributed by atoms with Crippen LogP contribution in [-0.2, 0) is 14.8 Å². The monoisotopic (exact) mass is 550 g/mol. The smallest absolute Gasteiger partial charge is 0.264 e. The maximum absolute atomic E-state index is 13.4. The predicted molar refractivity (Wildman–Crippen MR) is 135 cm³/mol. The second-order valence-electron chi connectivity index (χ2n) is 7.41. The molecular weight excluding hydrogens is 528 g/mol. The zero-order valence-electron chi connectivity index (χ0n) is 18.2. The fraction of sp³-hybridized carbons (Fsp3) is 0.208. The van der Waals surface area contributed by atoms with Crippen LogP contribution in [0, 0.1) is 13.8 Å². The number of carbonyl (C=O) groups excluding carboxylic acids is 1. The van der Waals surface area contributed by atoms with E-state index in [9.17, 15) is 13.2 Å². The highest BCUT2D eigenvalue weighted by Crippen LogP contribution is 2.26. The average molecular weight is 552 g/mol. The summed E-state index contributed by atoms with van der Waals surface area (Å²) in [5.41, 5.74) is 2.26. The summed E-state index contributed by atoms with van der Waals surface area (Å²) in [7, 11) is -3.96. The molecule has 0 heterocycles. The zero-order valence-corrected chi connectivity index (χ0v) is 21.4. The van der Waals surface area contributed by atoms with Gasteiger partial charge >= 0.3 is 0 Å². The van der Waals surface area contributed by atoms with E-state index < -0.39 is 15.9 Å². The van der Waals surface area contributed by atoms with Crippen molar-refractivity contribution in [3.05, 3.63) is 87.4 Å². The summed E-state index contributed by atoms with van der Waals surface area (Å²) < 4.78 is 34.1. The summed E-state index contributed by atoms with van der Waals surface area (Å²) in [6, 6.07) is 18.7. The Morgan fingerprint density at radius 2 is 1.79 bits per heavy atom. The quantitative estimate of drug-likeness (QED) is 0.375. The van der Waals surface area contributed by atoms with E-state index in [1.165, 1.54) is 12.1 Å². The molecule has 1 amide bonds. The molecule has 174 valence electrons. The molecular formula is C24H24BrClN2O4S. The highest BCUT2D eigenvalue weighted by Gasteiger charge is 2.27. The Morgan fingerprint density at radius 3 is 2.45 bits per heavy atom. The number of anilines is 1. The largest absolute Gasteiger partial charge is 0.492 e. The lowest BCUT2D eigenvalue weighted by Crippen LogP contribution is -2.41. The molecule has 3 rings (SSSR count). The Morgan fingerprint density at radius 1 is 1.06 bits per heavy atom. The first-order chi connectivity index (χ1) is 15.7. The Bertz CT molecular complexity index is 1230. The first-order valence-corrected chi connectivity index (χ1v) is 12.8. The SMILES string of the molecule is Cc1ccc(S(=O)(=O)N(CC(=O)NCCOc2ccc(C)c(Cl)c2)c2cccc(Br)c2)cc1. The number of halogens is 2. The van der Waals surface area contributed by atoms with Crippen molar-refractivity contribution < 1.29 is 17.9 Å². The zero-order chi connectivity index (χ0) is 24.0. The molecule has 0 saturated carbocycles. The van der Waals surface area contributed by atoms with Crippen LogP contribution in [0.25, 0.3) is 0 Å². The number of hydrogen-bond donors (Lipinski definition) is 1. The fourth-order valence-electron chi connectivity index (χ4n) is 2.99. The topological polar surface area (TPSA) is 75.7 Å². The van der Waals surface area contributed by atoms with Crippen LogP contribution in [0.1, 0.15) is 11.1 Å². The molecule has 0 aromatic heterocycles. The molecule has 0 radical (unpaired) electrons. The number of rotatable bonds is 9. The molecule has 0 saturated heterocycles. The lowest BCUT2D eigenvalue weighted by atomic mass is 10.2. The Kier molecular flexibility index (Phi) is 8.40. The van der Waals surface area contributed by atoms with E-state index in [0.29, 0.717) is 20.9 Å². The fourth-order valence-corrected chi connectivity index (χ4v) is 4.96. The van der Waals surface area contributed by atoms with Crippen molar-refractivity contribution in [3.63, 3.8) is 0 Å². The number of aryl methyl sites for hydroxylation is 2. The van der Waals surface area contributed by atoms with Crippen molar-refractivity contribution in [2.24, 2.45) is 0 Å². The normalized spacial score (nSPS) is 11.2. The summed E-state index contributed by atoms with van der Waals surface area (Å²) in [5, 5.41) is 3.31. The minimum atomic E-state index is -3.96. The van der Waals surface area contributed by atoms with Crippen molar-refractivity contribution in [2.75, 3.05) is 24.0 Å². The highest BCUT2D eigenvalue weighted by atomic mass is 79.9. The second kappa shape index (κ2) is 11.0. The van der Waals surface area contributed by atoms with Crippen molar-refractivity contribution in [1.82, 2.24) is 5.32 Å². The second-order valence-corrected chi connectivity index (χ2v) is 10.6. The molecule has 0 bridgehead atoms. The molecule has 0 fully saturated rings. The van der Waals surface area contributed by atoms with Crippen molar-refractivity contribution >= 4 is 49.1 Å². The van der Waals surface area contributed by atoms with E-state index in [4.69, 9.17) is 16.3 Å². The van der Waals surface area contributed by atoms with Gasteiger partial charge < -0.3 is 10.1 Å². The van der Waals surface area contributed by atoms with Gasteiger partial charge in [0, 0.05) is 9.50 Å². The third kappa shape index (κ3) is 6.72. The summed E-state index contributed by atoms with van der Waals surface area (Å²) in [6.45, 7) is 3.83. The van der Waals surface area contributed by atoms with E-state index in [-0.39, 0.29) is 24.6 Å².